The van der Waals surface area contributed by atoms with E-state index in [1.165, 1.54) is 4.90 Å². The van der Waals surface area contributed by atoms with E-state index in [1.54, 1.807) is 0 Å². The molecular weight excluding hydrogens is 208 g/mol. The Balaban J connectivity index is 4.15. The number of nitrogens with zero attached hydrogens (tertiary/aromatic N) is 1. The first-order valence-electron chi connectivity index (χ1n) is 5.65. The predicted octanol–water partition coefficient (Wildman–Crippen LogP) is 1.54. The van der Waals surface area contributed by atoms with Crippen LogP contribution in [-0.4, -0.2) is 41.1 Å². The predicted molar refractivity (Wildman–Crippen MR) is 62.3 cm³/mol. The lowest BCUT2D eigenvalue weighted by Gasteiger charge is -2.25. The van der Waals surface area contributed by atoms with Gasteiger partial charge in [-0.3, -0.25) is 4.79 Å². The lowest BCUT2D eigenvalue weighted by atomic mass is 10.1. The molecule has 2 amide bonds. The number of nitrogens with one attached hydrogen (secondary N) is 1. The molecule has 0 heterocycles. The minimum Gasteiger partial charge on any atom is -0.481 e. The maximum Gasteiger partial charge on any atom is 0.317 e. The number of amides is 2. The summed E-state index contributed by atoms with van der Waals surface area (Å²) in [5.74, 6) is -0.523. The zero-order valence-corrected chi connectivity index (χ0v) is 10.5. The summed E-state index contributed by atoms with van der Waals surface area (Å²) < 4.78 is 0. The summed E-state index contributed by atoms with van der Waals surface area (Å²) in [7, 11) is 0. The maximum absolute atomic E-state index is 11.7. The zero-order chi connectivity index (χ0) is 12.7. The Hall–Kier alpha value is -1.26. The first-order chi connectivity index (χ1) is 7.38. The highest BCUT2D eigenvalue weighted by atomic mass is 16.4. The Labute approximate surface area is 96.8 Å². The van der Waals surface area contributed by atoms with Gasteiger partial charge in [0.1, 0.15) is 0 Å². The molecule has 0 aromatic carbocycles. The third kappa shape index (κ3) is 5.58. The molecule has 2 N–H and O–H groups in total. The van der Waals surface area contributed by atoms with Gasteiger partial charge in [0, 0.05) is 19.1 Å². The van der Waals surface area contributed by atoms with Gasteiger partial charge in [-0.25, -0.2) is 4.79 Å². The van der Waals surface area contributed by atoms with Gasteiger partial charge in [0.2, 0.25) is 0 Å². The first-order valence-corrected chi connectivity index (χ1v) is 5.65. The molecule has 0 bridgehead atoms. The summed E-state index contributed by atoms with van der Waals surface area (Å²) in [6, 6.07) is -0.101. The number of carboxylic acid groups (broad SMARTS) is 1. The highest BCUT2D eigenvalue weighted by Crippen LogP contribution is 2.01. The second-order valence-electron chi connectivity index (χ2n) is 4.21. The van der Waals surface area contributed by atoms with Crippen LogP contribution in [0.3, 0.4) is 0 Å². The molecule has 0 aliphatic rings. The maximum atomic E-state index is 11.7. The number of carbonyl (C=O) groups excluding carboxylic acids is 1. The van der Waals surface area contributed by atoms with E-state index in [4.69, 9.17) is 5.11 Å². The monoisotopic (exact) mass is 230 g/mol. The lowest BCUT2D eigenvalue weighted by molar-refractivity contribution is -0.137. The van der Waals surface area contributed by atoms with Gasteiger partial charge in [-0.15, -0.1) is 0 Å². The van der Waals surface area contributed by atoms with Crippen molar-refractivity contribution in [3.8, 4) is 0 Å². The second-order valence-corrected chi connectivity index (χ2v) is 4.21. The van der Waals surface area contributed by atoms with Crippen molar-refractivity contribution in [2.75, 3.05) is 13.1 Å². The van der Waals surface area contributed by atoms with Crippen LogP contribution in [0.25, 0.3) is 0 Å². The van der Waals surface area contributed by atoms with Crippen LogP contribution in [0, 0.1) is 5.92 Å². The summed E-state index contributed by atoms with van der Waals surface area (Å²) in [6.07, 6.45) is -0.0165. The summed E-state index contributed by atoms with van der Waals surface area (Å²) in [6.45, 7) is 8.60. The number of hydrogen-bond acceptors (Lipinski definition) is 2. The molecule has 0 fully saturated rings. The minimum atomic E-state index is -0.886. The van der Waals surface area contributed by atoms with Crippen LogP contribution in [0.15, 0.2) is 0 Å². The van der Waals surface area contributed by atoms with Gasteiger partial charge in [-0.05, 0) is 19.8 Å². The first kappa shape index (κ1) is 14.7. The van der Waals surface area contributed by atoms with Crippen molar-refractivity contribution in [3.05, 3.63) is 0 Å². The molecular formula is C11H22N2O3. The highest BCUT2D eigenvalue weighted by Gasteiger charge is 2.16. The van der Waals surface area contributed by atoms with E-state index in [0.717, 1.165) is 0 Å². The molecule has 5 heteroatoms. The van der Waals surface area contributed by atoms with E-state index in [-0.39, 0.29) is 25.0 Å². The number of urea groups is 1. The van der Waals surface area contributed by atoms with Crippen molar-refractivity contribution < 1.29 is 14.7 Å². The normalized spacial score (nSPS) is 12.3. The van der Waals surface area contributed by atoms with Gasteiger partial charge >= 0.3 is 12.0 Å². The summed E-state index contributed by atoms with van der Waals surface area (Å²) >= 11 is 0. The van der Waals surface area contributed by atoms with Gasteiger partial charge in [0.05, 0.1) is 6.42 Å². The Morgan fingerprint density at radius 1 is 1.31 bits per heavy atom. The van der Waals surface area contributed by atoms with Crippen LogP contribution in [0.4, 0.5) is 4.79 Å². The third-order valence-electron chi connectivity index (χ3n) is 2.62. The summed E-state index contributed by atoms with van der Waals surface area (Å²) in [4.78, 5) is 23.6. The van der Waals surface area contributed by atoms with E-state index < -0.39 is 5.97 Å². The minimum absolute atomic E-state index is 0.0165. The van der Waals surface area contributed by atoms with Crippen LogP contribution < -0.4 is 5.32 Å². The van der Waals surface area contributed by atoms with Crippen molar-refractivity contribution in [1.29, 1.82) is 0 Å². The molecule has 1 atom stereocenters. The molecule has 1 unspecified atom stereocenters. The van der Waals surface area contributed by atoms with E-state index >= 15 is 0 Å². The number of hydrogen-bond donors (Lipinski definition) is 2. The molecule has 0 aromatic rings. The van der Waals surface area contributed by atoms with Crippen molar-refractivity contribution in [3.63, 3.8) is 0 Å². The molecule has 0 radical (unpaired) electrons. The SMILES string of the molecule is CCN(CCC(=O)O)C(=O)NC(C)C(C)C. The molecule has 0 aromatic heterocycles. The average molecular weight is 230 g/mol. The smallest absolute Gasteiger partial charge is 0.317 e. The highest BCUT2D eigenvalue weighted by molar-refractivity contribution is 5.75. The van der Waals surface area contributed by atoms with Gasteiger partial charge in [-0.2, -0.15) is 0 Å². The molecule has 16 heavy (non-hydrogen) atoms. The van der Waals surface area contributed by atoms with Crippen molar-refractivity contribution in [1.82, 2.24) is 10.2 Å². The van der Waals surface area contributed by atoms with Crippen molar-refractivity contribution in [2.24, 2.45) is 5.92 Å². The Kier molecular flexibility index (Phi) is 6.53. The van der Waals surface area contributed by atoms with Gasteiger partial charge in [0.15, 0.2) is 0 Å². The van der Waals surface area contributed by atoms with Crippen LogP contribution in [0.1, 0.15) is 34.1 Å². The zero-order valence-electron chi connectivity index (χ0n) is 10.5. The fraction of sp³-hybridized carbons (Fsp3) is 0.818. The van der Waals surface area contributed by atoms with Crippen LogP contribution in [0.5, 0.6) is 0 Å². The average Bonchev–Trinajstić information content (AvgIpc) is 2.17. The number of carbonyl (C=O) groups is 2. The van der Waals surface area contributed by atoms with E-state index in [2.05, 4.69) is 5.32 Å². The molecule has 0 aliphatic carbocycles. The second kappa shape index (κ2) is 7.09. The van der Waals surface area contributed by atoms with Crippen LogP contribution in [-0.2, 0) is 4.79 Å². The fourth-order valence-electron chi connectivity index (χ4n) is 1.09. The Morgan fingerprint density at radius 2 is 1.88 bits per heavy atom. The van der Waals surface area contributed by atoms with Crippen molar-refractivity contribution >= 4 is 12.0 Å². The quantitative estimate of drug-likeness (QED) is 0.727. The fourth-order valence-corrected chi connectivity index (χ4v) is 1.09. The molecule has 0 rings (SSSR count). The molecule has 0 saturated carbocycles. The standard InChI is InChI=1S/C11H22N2O3/c1-5-13(7-6-10(14)15)11(16)12-9(4)8(2)3/h8-9H,5-7H2,1-4H3,(H,12,16)(H,14,15). The van der Waals surface area contributed by atoms with Crippen LogP contribution in [0.2, 0.25) is 0 Å². The third-order valence-corrected chi connectivity index (χ3v) is 2.62. The largest absolute Gasteiger partial charge is 0.481 e. The molecule has 94 valence electrons. The molecule has 5 nitrogen and oxygen atoms in total. The number of rotatable bonds is 6. The van der Waals surface area contributed by atoms with Gasteiger partial charge < -0.3 is 15.3 Å². The van der Waals surface area contributed by atoms with Crippen molar-refractivity contribution in [2.45, 2.75) is 40.2 Å². The molecule has 0 saturated heterocycles. The number of aliphatic carboxylic acids is 1. The Morgan fingerprint density at radius 3 is 2.25 bits per heavy atom. The van der Waals surface area contributed by atoms with Crippen LogP contribution >= 0.6 is 0 Å². The lowest BCUT2D eigenvalue weighted by Crippen LogP contribution is -2.46. The van der Waals surface area contributed by atoms with Gasteiger partial charge in [0.25, 0.3) is 0 Å². The summed E-state index contributed by atoms with van der Waals surface area (Å²) in [5, 5.41) is 11.4. The van der Waals surface area contributed by atoms with E-state index in [0.29, 0.717) is 12.5 Å². The van der Waals surface area contributed by atoms with E-state index in [1.807, 2.05) is 27.7 Å². The van der Waals surface area contributed by atoms with E-state index in [9.17, 15) is 9.59 Å². The Bertz CT molecular complexity index is 241. The van der Waals surface area contributed by atoms with Gasteiger partial charge in [-0.1, -0.05) is 13.8 Å². The molecule has 0 spiro atoms. The molecule has 0 aliphatic heterocycles. The topological polar surface area (TPSA) is 69.6 Å². The number of carboxylic acids is 1. The summed E-state index contributed by atoms with van der Waals surface area (Å²) in [5.41, 5.74) is 0.